The van der Waals surface area contributed by atoms with Crippen LogP contribution in [-0.2, 0) is 25.6 Å². The molecule has 0 spiro atoms. The Morgan fingerprint density at radius 1 is 0.892 bits per heavy atom. The lowest BCUT2D eigenvalue weighted by Crippen LogP contribution is -2.37. The highest BCUT2D eigenvalue weighted by Gasteiger charge is 2.30. The Balaban J connectivity index is 1.43. The maximum Gasteiger partial charge on any atom is 0.305 e. The molecule has 0 saturated heterocycles. The number of rotatable bonds is 15. The number of ether oxygens (including phenoxy) is 3. The quantitative estimate of drug-likeness (QED) is 0.196. The third-order valence-corrected chi connectivity index (χ3v) is 8.62. The molecule has 2 fully saturated rings. The first-order valence-corrected chi connectivity index (χ1v) is 14.9. The summed E-state index contributed by atoms with van der Waals surface area (Å²) in [6, 6.07) is 10.1. The summed E-state index contributed by atoms with van der Waals surface area (Å²) in [5.41, 5.74) is 0.581. The van der Waals surface area contributed by atoms with Crippen LogP contribution < -0.4 is 0 Å². The van der Waals surface area contributed by atoms with Crippen LogP contribution in [0.2, 0.25) is 0 Å². The molecule has 2 atom stereocenters. The molecule has 1 aromatic carbocycles. The number of benzene rings is 1. The van der Waals surface area contributed by atoms with Crippen molar-refractivity contribution in [3.63, 3.8) is 0 Å². The van der Waals surface area contributed by atoms with Crippen LogP contribution in [0.15, 0.2) is 30.3 Å². The molecule has 2 saturated carbocycles. The van der Waals surface area contributed by atoms with Gasteiger partial charge in [0.1, 0.15) is 6.61 Å². The third-order valence-electron chi connectivity index (χ3n) is 8.62. The molecule has 2 aliphatic carbocycles. The number of carbonyl (C=O) groups is 1. The zero-order valence-electron chi connectivity index (χ0n) is 23.7. The largest absolute Gasteiger partial charge is 0.465 e. The average Bonchev–Trinajstić information content (AvgIpc) is 2.91. The Bertz CT molecular complexity index is 752. The highest BCUT2D eigenvalue weighted by Crippen LogP contribution is 2.32. The lowest BCUT2D eigenvalue weighted by molar-refractivity contribution is -0.163. The van der Waals surface area contributed by atoms with E-state index in [4.69, 9.17) is 14.2 Å². The molecule has 1 aromatic rings. The van der Waals surface area contributed by atoms with E-state index >= 15 is 0 Å². The smallest absolute Gasteiger partial charge is 0.305 e. The second-order valence-corrected chi connectivity index (χ2v) is 12.6. The van der Waals surface area contributed by atoms with Crippen molar-refractivity contribution in [3.05, 3.63) is 35.9 Å². The second kappa shape index (κ2) is 15.9. The summed E-state index contributed by atoms with van der Waals surface area (Å²) < 4.78 is 17.7. The molecule has 0 heterocycles. The summed E-state index contributed by atoms with van der Waals surface area (Å²) in [6.07, 6.45) is 12.4. The molecular formula is C32H52O5. The van der Waals surface area contributed by atoms with Crippen LogP contribution in [0, 0.1) is 29.1 Å². The van der Waals surface area contributed by atoms with E-state index in [-0.39, 0.29) is 12.6 Å². The SMILES string of the molecule is CC1CCC(CCC(=O)OCC(C)(COCc2ccccc2)COC(O)CCC2CCC(C)CC2)CC1. The first-order chi connectivity index (χ1) is 17.8. The molecular weight excluding hydrogens is 464 g/mol. The summed E-state index contributed by atoms with van der Waals surface area (Å²) >= 11 is 0. The van der Waals surface area contributed by atoms with Gasteiger partial charge in [-0.3, -0.25) is 4.79 Å². The molecule has 210 valence electrons. The van der Waals surface area contributed by atoms with Crippen LogP contribution >= 0.6 is 0 Å². The number of carbonyl (C=O) groups excluding carboxylic acids is 1. The molecule has 0 radical (unpaired) electrons. The molecule has 5 nitrogen and oxygen atoms in total. The predicted octanol–water partition coefficient (Wildman–Crippen LogP) is 7.30. The highest BCUT2D eigenvalue weighted by molar-refractivity contribution is 5.69. The highest BCUT2D eigenvalue weighted by atomic mass is 16.6. The molecule has 2 unspecified atom stereocenters. The second-order valence-electron chi connectivity index (χ2n) is 12.6. The van der Waals surface area contributed by atoms with Crippen molar-refractivity contribution in [1.82, 2.24) is 0 Å². The summed E-state index contributed by atoms with van der Waals surface area (Å²) in [4.78, 5) is 12.6. The zero-order valence-corrected chi connectivity index (χ0v) is 23.7. The van der Waals surface area contributed by atoms with Gasteiger partial charge in [0.2, 0.25) is 0 Å². The normalized spacial score (nSPS) is 26.8. The van der Waals surface area contributed by atoms with Gasteiger partial charge >= 0.3 is 5.97 Å². The van der Waals surface area contributed by atoms with Crippen molar-refractivity contribution >= 4 is 5.97 Å². The monoisotopic (exact) mass is 516 g/mol. The Labute approximate surface area is 225 Å². The molecule has 1 N–H and O–H groups in total. The van der Waals surface area contributed by atoms with Crippen molar-refractivity contribution < 1.29 is 24.1 Å². The van der Waals surface area contributed by atoms with Gasteiger partial charge in [-0.2, -0.15) is 0 Å². The number of hydrogen-bond acceptors (Lipinski definition) is 5. The molecule has 3 rings (SSSR count). The van der Waals surface area contributed by atoms with Gasteiger partial charge in [0.05, 0.1) is 19.8 Å². The Morgan fingerprint density at radius 3 is 2.11 bits per heavy atom. The number of aliphatic hydroxyl groups is 1. The molecule has 0 amide bonds. The van der Waals surface area contributed by atoms with Crippen molar-refractivity contribution in [2.75, 3.05) is 19.8 Å². The molecule has 0 aliphatic heterocycles. The van der Waals surface area contributed by atoms with Crippen molar-refractivity contribution in [2.45, 2.75) is 111 Å². The zero-order chi connectivity index (χ0) is 26.5. The van der Waals surface area contributed by atoms with E-state index < -0.39 is 11.7 Å². The van der Waals surface area contributed by atoms with E-state index in [1.807, 2.05) is 37.3 Å². The van der Waals surface area contributed by atoms with Crippen LogP contribution in [0.4, 0.5) is 0 Å². The van der Waals surface area contributed by atoms with Crippen LogP contribution in [0.1, 0.15) is 103 Å². The molecule has 37 heavy (non-hydrogen) atoms. The van der Waals surface area contributed by atoms with Crippen molar-refractivity contribution in [1.29, 1.82) is 0 Å². The topological polar surface area (TPSA) is 65.0 Å². The van der Waals surface area contributed by atoms with Gasteiger partial charge in [-0.25, -0.2) is 0 Å². The van der Waals surface area contributed by atoms with Gasteiger partial charge in [0, 0.05) is 11.8 Å². The molecule has 0 aromatic heterocycles. The van der Waals surface area contributed by atoms with E-state index in [9.17, 15) is 9.90 Å². The third kappa shape index (κ3) is 11.9. The number of aliphatic hydroxyl groups excluding tert-OH is 1. The van der Waals surface area contributed by atoms with Crippen LogP contribution in [0.25, 0.3) is 0 Å². The standard InChI is InChI=1S/C32H52O5/c1-25-9-13-27(14-10-25)17-19-30(33)36-23-32(3,22-35-21-29-7-5-4-6-8-29)24-37-31(34)20-18-28-15-11-26(2)12-16-28/h4-8,25-28,30,33H,9-24H2,1-3H3. The number of esters is 1. The van der Waals surface area contributed by atoms with E-state index in [1.165, 1.54) is 51.4 Å². The molecule has 2 aliphatic rings. The van der Waals surface area contributed by atoms with Gasteiger partial charge < -0.3 is 19.3 Å². The van der Waals surface area contributed by atoms with E-state index in [2.05, 4.69) is 13.8 Å². The minimum Gasteiger partial charge on any atom is -0.465 e. The molecule has 0 bridgehead atoms. The maximum absolute atomic E-state index is 12.6. The predicted molar refractivity (Wildman–Crippen MR) is 148 cm³/mol. The Kier molecular flexibility index (Phi) is 12.9. The summed E-state index contributed by atoms with van der Waals surface area (Å²) in [6.45, 7) is 8.08. The fourth-order valence-electron chi connectivity index (χ4n) is 5.76. The first kappa shape index (κ1) is 30.1. The van der Waals surface area contributed by atoms with E-state index in [1.54, 1.807) is 0 Å². The van der Waals surface area contributed by atoms with Gasteiger partial charge in [-0.05, 0) is 48.5 Å². The van der Waals surface area contributed by atoms with Gasteiger partial charge in [0.15, 0.2) is 6.29 Å². The molecule has 5 heteroatoms. The minimum atomic E-state index is -0.794. The summed E-state index contributed by atoms with van der Waals surface area (Å²) in [5, 5.41) is 10.6. The van der Waals surface area contributed by atoms with Crippen LogP contribution in [0.3, 0.4) is 0 Å². The first-order valence-electron chi connectivity index (χ1n) is 14.9. The maximum atomic E-state index is 12.6. The minimum absolute atomic E-state index is 0.139. The lowest BCUT2D eigenvalue weighted by Gasteiger charge is -2.31. The van der Waals surface area contributed by atoms with Gasteiger partial charge in [-0.15, -0.1) is 0 Å². The Hall–Kier alpha value is -1.43. The average molecular weight is 517 g/mol. The van der Waals surface area contributed by atoms with Crippen LogP contribution in [-0.4, -0.2) is 37.2 Å². The van der Waals surface area contributed by atoms with Gasteiger partial charge in [0.25, 0.3) is 0 Å². The lowest BCUT2D eigenvalue weighted by atomic mass is 9.81. The summed E-state index contributed by atoms with van der Waals surface area (Å²) in [7, 11) is 0. The van der Waals surface area contributed by atoms with E-state index in [0.29, 0.717) is 44.5 Å². The van der Waals surface area contributed by atoms with E-state index in [0.717, 1.165) is 30.2 Å². The van der Waals surface area contributed by atoms with Crippen LogP contribution in [0.5, 0.6) is 0 Å². The number of hydrogen-bond donors (Lipinski definition) is 1. The Morgan fingerprint density at radius 2 is 1.49 bits per heavy atom. The fraction of sp³-hybridized carbons (Fsp3) is 0.781. The van der Waals surface area contributed by atoms with Crippen molar-refractivity contribution in [3.8, 4) is 0 Å². The fourth-order valence-corrected chi connectivity index (χ4v) is 5.76. The van der Waals surface area contributed by atoms with Crippen molar-refractivity contribution in [2.24, 2.45) is 29.1 Å². The van der Waals surface area contributed by atoms with Gasteiger partial charge in [-0.1, -0.05) is 102 Å². The summed E-state index contributed by atoms with van der Waals surface area (Å²) in [5.74, 6) is 2.86.